The van der Waals surface area contributed by atoms with Crippen LogP contribution < -0.4 is 0 Å². The zero-order valence-corrected chi connectivity index (χ0v) is 16.8. The molecule has 0 saturated heterocycles. The molecule has 3 heteroatoms. The first-order chi connectivity index (χ1) is 13.4. The van der Waals surface area contributed by atoms with E-state index in [9.17, 15) is 14.7 Å². The number of aromatic hydroxyl groups is 1. The number of hydrogen-bond acceptors (Lipinski definition) is 3. The van der Waals surface area contributed by atoms with Gasteiger partial charge in [-0.05, 0) is 71.6 Å². The maximum atomic E-state index is 13.4. The van der Waals surface area contributed by atoms with Crippen LogP contribution in [0.1, 0.15) is 76.0 Å². The van der Waals surface area contributed by atoms with Crippen LogP contribution in [-0.4, -0.2) is 16.7 Å². The van der Waals surface area contributed by atoms with Crippen molar-refractivity contribution in [2.24, 2.45) is 5.92 Å². The van der Waals surface area contributed by atoms with Crippen LogP contribution in [-0.2, 0) is 24.1 Å². The molecule has 0 radical (unpaired) electrons. The Balaban J connectivity index is 1.95. The fraction of sp³-hybridized carbons (Fsp3) is 0.360. The number of hydrogen-bond donors (Lipinski definition) is 1. The van der Waals surface area contributed by atoms with E-state index < -0.39 is 0 Å². The monoisotopic (exact) mass is 374 g/mol. The van der Waals surface area contributed by atoms with Gasteiger partial charge in [0.25, 0.3) is 0 Å². The second-order valence-electron chi connectivity index (χ2n) is 7.94. The zero-order valence-electron chi connectivity index (χ0n) is 16.8. The number of benzene rings is 2. The highest BCUT2D eigenvalue weighted by atomic mass is 16.3. The average molecular weight is 374 g/mol. The fourth-order valence-electron chi connectivity index (χ4n) is 5.06. The average Bonchev–Trinajstić information content (AvgIpc) is 2.72. The van der Waals surface area contributed by atoms with E-state index in [1.165, 1.54) is 0 Å². The molecule has 144 valence electrons. The largest absolute Gasteiger partial charge is 0.507 e. The molecule has 0 heterocycles. The Bertz CT molecular complexity index is 1040. The second-order valence-corrected chi connectivity index (χ2v) is 7.94. The lowest BCUT2D eigenvalue weighted by Gasteiger charge is -2.32. The highest BCUT2D eigenvalue weighted by molar-refractivity contribution is 6.21. The molecule has 1 N–H and O–H groups in total. The Labute approximate surface area is 166 Å². The topological polar surface area (TPSA) is 54.4 Å². The van der Waals surface area contributed by atoms with Crippen LogP contribution in [0.3, 0.4) is 0 Å². The number of carbonyl (C=O) groups is 2. The SMILES string of the molecule is C=C1c2c(CC)cccc2C(=O)c2c(O)c3c(c(C)c21)CCC(C(=O)CC)C3. The lowest BCUT2D eigenvalue weighted by Crippen LogP contribution is -2.25. The Morgan fingerprint density at radius 1 is 1.18 bits per heavy atom. The van der Waals surface area contributed by atoms with Gasteiger partial charge in [-0.15, -0.1) is 0 Å². The summed E-state index contributed by atoms with van der Waals surface area (Å²) < 4.78 is 0. The quantitative estimate of drug-likeness (QED) is 0.705. The van der Waals surface area contributed by atoms with Gasteiger partial charge in [-0.3, -0.25) is 9.59 Å². The molecular formula is C25H26O3. The number of phenolic OH excluding ortho intramolecular Hbond substituents is 1. The third-order valence-electron chi connectivity index (χ3n) is 6.57. The molecular weight excluding hydrogens is 348 g/mol. The predicted molar refractivity (Wildman–Crippen MR) is 111 cm³/mol. The lowest BCUT2D eigenvalue weighted by molar-refractivity contribution is -0.122. The van der Waals surface area contributed by atoms with E-state index in [2.05, 4.69) is 13.5 Å². The van der Waals surface area contributed by atoms with Crippen molar-refractivity contribution in [3.05, 3.63) is 69.3 Å². The first-order valence-corrected chi connectivity index (χ1v) is 10.2. The molecule has 2 aliphatic carbocycles. The lowest BCUT2D eigenvalue weighted by atomic mass is 9.71. The molecule has 0 fully saturated rings. The van der Waals surface area contributed by atoms with Gasteiger partial charge in [-0.25, -0.2) is 0 Å². The molecule has 0 bridgehead atoms. The number of phenols is 1. The van der Waals surface area contributed by atoms with Gasteiger partial charge in [-0.1, -0.05) is 38.6 Å². The first-order valence-electron chi connectivity index (χ1n) is 10.2. The van der Waals surface area contributed by atoms with Crippen LogP contribution in [0.5, 0.6) is 5.75 Å². The summed E-state index contributed by atoms with van der Waals surface area (Å²) in [5, 5.41) is 11.1. The highest BCUT2D eigenvalue weighted by Crippen LogP contribution is 2.47. The Morgan fingerprint density at radius 2 is 1.93 bits per heavy atom. The van der Waals surface area contributed by atoms with Crippen molar-refractivity contribution in [1.82, 2.24) is 0 Å². The van der Waals surface area contributed by atoms with Crippen molar-refractivity contribution in [3.8, 4) is 5.75 Å². The molecule has 0 amide bonds. The van der Waals surface area contributed by atoms with Crippen LogP contribution in [0.15, 0.2) is 24.8 Å². The number of aryl methyl sites for hydroxylation is 1. The van der Waals surface area contributed by atoms with Gasteiger partial charge in [0.1, 0.15) is 11.5 Å². The van der Waals surface area contributed by atoms with Crippen LogP contribution in [0.2, 0.25) is 0 Å². The summed E-state index contributed by atoms with van der Waals surface area (Å²) in [4.78, 5) is 25.6. The number of fused-ring (bicyclic) bond motifs is 3. The first kappa shape index (κ1) is 18.7. The van der Waals surface area contributed by atoms with Crippen LogP contribution in [0, 0.1) is 12.8 Å². The predicted octanol–water partition coefficient (Wildman–Crippen LogP) is 4.95. The van der Waals surface area contributed by atoms with Gasteiger partial charge in [0, 0.05) is 17.9 Å². The van der Waals surface area contributed by atoms with Gasteiger partial charge < -0.3 is 5.11 Å². The number of ketones is 2. The third-order valence-corrected chi connectivity index (χ3v) is 6.57. The molecule has 4 rings (SSSR count). The van der Waals surface area contributed by atoms with E-state index in [1.54, 1.807) is 0 Å². The Hall–Kier alpha value is -2.68. The fourth-order valence-corrected chi connectivity index (χ4v) is 5.06. The standard InChI is InChI=1S/C25H26O3/c1-5-15-8-7-9-18-22(15)14(4)21-13(3)17-11-10-16(20(26)6-2)12-19(17)25(28)23(21)24(18)27/h7-9,16,28H,4-6,10-12H2,1-3H3. The van der Waals surface area contributed by atoms with Crippen molar-refractivity contribution in [2.75, 3.05) is 0 Å². The Morgan fingerprint density at radius 3 is 2.61 bits per heavy atom. The Kier molecular flexibility index (Phi) is 4.49. The summed E-state index contributed by atoms with van der Waals surface area (Å²) in [7, 11) is 0. The summed E-state index contributed by atoms with van der Waals surface area (Å²) in [5.41, 5.74) is 7.51. The van der Waals surface area contributed by atoms with Crippen molar-refractivity contribution in [1.29, 1.82) is 0 Å². The van der Waals surface area contributed by atoms with E-state index in [1.807, 2.05) is 32.0 Å². The summed E-state index contributed by atoms with van der Waals surface area (Å²) in [6, 6.07) is 5.76. The smallest absolute Gasteiger partial charge is 0.198 e. The summed E-state index contributed by atoms with van der Waals surface area (Å²) in [6.07, 6.45) is 3.40. The highest BCUT2D eigenvalue weighted by Gasteiger charge is 2.36. The molecule has 2 aromatic rings. The molecule has 0 aliphatic heterocycles. The number of carbonyl (C=O) groups excluding carboxylic acids is 2. The maximum absolute atomic E-state index is 13.4. The molecule has 2 aliphatic rings. The molecule has 0 spiro atoms. The normalized spacial score (nSPS) is 17.8. The second kappa shape index (κ2) is 6.73. The van der Waals surface area contributed by atoms with Crippen molar-refractivity contribution < 1.29 is 14.7 Å². The van der Waals surface area contributed by atoms with E-state index >= 15 is 0 Å². The minimum atomic E-state index is -0.139. The van der Waals surface area contributed by atoms with E-state index in [4.69, 9.17) is 0 Å². The molecule has 0 saturated carbocycles. The summed E-state index contributed by atoms with van der Waals surface area (Å²) in [6.45, 7) is 10.3. The van der Waals surface area contributed by atoms with Crippen molar-refractivity contribution in [3.63, 3.8) is 0 Å². The van der Waals surface area contributed by atoms with Gasteiger partial charge in [0.2, 0.25) is 0 Å². The van der Waals surface area contributed by atoms with Crippen LogP contribution in [0.25, 0.3) is 5.57 Å². The number of rotatable bonds is 3. The molecule has 0 aromatic heterocycles. The van der Waals surface area contributed by atoms with Gasteiger partial charge in [-0.2, -0.15) is 0 Å². The van der Waals surface area contributed by atoms with Crippen molar-refractivity contribution in [2.45, 2.75) is 52.9 Å². The van der Waals surface area contributed by atoms with Crippen molar-refractivity contribution >= 4 is 17.1 Å². The van der Waals surface area contributed by atoms with Gasteiger partial charge in [0.05, 0.1) is 5.56 Å². The molecule has 1 unspecified atom stereocenters. The van der Waals surface area contributed by atoms with Gasteiger partial charge in [0.15, 0.2) is 5.78 Å². The summed E-state index contributed by atoms with van der Waals surface area (Å²) in [5.74, 6) is 0.0822. The van der Waals surface area contributed by atoms with E-state index in [-0.39, 0.29) is 23.2 Å². The van der Waals surface area contributed by atoms with E-state index in [0.29, 0.717) is 24.0 Å². The zero-order chi connectivity index (χ0) is 20.2. The minimum Gasteiger partial charge on any atom is -0.507 e. The molecule has 2 aromatic carbocycles. The number of Topliss-reactive ketones (excluding diaryl/α,β-unsaturated/α-hetero) is 1. The molecule has 3 nitrogen and oxygen atoms in total. The van der Waals surface area contributed by atoms with Gasteiger partial charge >= 0.3 is 0 Å². The third kappa shape index (κ3) is 2.49. The van der Waals surface area contributed by atoms with Crippen LogP contribution >= 0.6 is 0 Å². The summed E-state index contributed by atoms with van der Waals surface area (Å²) >= 11 is 0. The minimum absolute atomic E-state index is 0.0582. The molecule has 28 heavy (non-hydrogen) atoms. The maximum Gasteiger partial charge on any atom is 0.198 e. The van der Waals surface area contributed by atoms with Crippen LogP contribution in [0.4, 0.5) is 0 Å². The molecule has 1 atom stereocenters. The van der Waals surface area contributed by atoms with E-state index in [0.717, 1.165) is 58.2 Å².